The Balaban J connectivity index is 2.37. The van der Waals surface area contributed by atoms with Gasteiger partial charge in [0.1, 0.15) is 0 Å². The first-order chi connectivity index (χ1) is 2.89. The topological polar surface area (TPSA) is 12.0 Å². The molecule has 0 unspecified atom stereocenters. The highest BCUT2D eigenvalue weighted by atomic mass is 28.2. The maximum atomic E-state index is 3.80. The molecule has 1 aliphatic heterocycles. The van der Waals surface area contributed by atoms with Crippen molar-refractivity contribution in [2.45, 2.75) is 6.42 Å². The first kappa shape index (κ1) is 4.09. The Hall–Kier alpha value is -0.0831. The molecule has 32 valence electrons. The number of hydrogen-bond acceptors (Lipinski definition) is 1. The fraction of sp³-hybridized carbons (Fsp3) is 0.500. The third kappa shape index (κ3) is 0.697. The van der Waals surface area contributed by atoms with Gasteiger partial charge in [-0.05, 0) is 13.0 Å². The second-order valence-electron chi connectivity index (χ2n) is 1.41. The number of nitrogens with one attached hydrogen (secondary N) is 1. The van der Waals surface area contributed by atoms with Crippen molar-refractivity contribution in [2.24, 2.45) is 0 Å². The Morgan fingerprint density at radius 3 is 2.83 bits per heavy atom. The second-order valence-corrected chi connectivity index (χ2v) is 2.72. The quantitative estimate of drug-likeness (QED) is 0.423. The van der Waals surface area contributed by atoms with Crippen LogP contribution < -0.4 is 4.98 Å². The molecule has 0 amide bonds. The Morgan fingerprint density at radius 1 is 1.83 bits per heavy atom. The summed E-state index contributed by atoms with van der Waals surface area (Å²) in [4.78, 5) is 3.20. The summed E-state index contributed by atoms with van der Waals surface area (Å²) in [6.07, 6.45) is 1.19. The lowest BCUT2D eigenvalue weighted by molar-refractivity contribution is 0.967. The van der Waals surface area contributed by atoms with Gasteiger partial charge >= 0.3 is 0 Å². The van der Waals surface area contributed by atoms with Crippen LogP contribution in [0.3, 0.4) is 0 Å². The van der Waals surface area contributed by atoms with Crippen molar-refractivity contribution in [1.29, 1.82) is 0 Å². The highest BCUT2D eigenvalue weighted by molar-refractivity contribution is 6.43. The van der Waals surface area contributed by atoms with Gasteiger partial charge in [-0.1, -0.05) is 5.20 Å². The molecule has 0 aromatic carbocycles. The average molecular weight is 97.2 g/mol. The van der Waals surface area contributed by atoms with Crippen molar-refractivity contribution in [3.8, 4) is 0 Å². The van der Waals surface area contributed by atoms with Crippen LogP contribution in [0, 0.1) is 0 Å². The lowest BCUT2D eigenvalue weighted by atomic mass is 10.4. The fourth-order valence-corrected chi connectivity index (χ4v) is 1.21. The van der Waals surface area contributed by atoms with Gasteiger partial charge in [0.25, 0.3) is 0 Å². The van der Waals surface area contributed by atoms with Crippen LogP contribution in [0.2, 0.25) is 0 Å². The summed E-state index contributed by atoms with van der Waals surface area (Å²) in [7, 11) is 0.838. The summed E-state index contributed by atoms with van der Waals surface area (Å²) in [6, 6.07) is 0. The van der Waals surface area contributed by atoms with Crippen LogP contribution in [-0.4, -0.2) is 16.2 Å². The molecule has 0 aliphatic carbocycles. The van der Waals surface area contributed by atoms with Crippen LogP contribution in [0.4, 0.5) is 0 Å². The minimum absolute atomic E-state index is 0.838. The van der Waals surface area contributed by atoms with E-state index in [-0.39, 0.29) is 0 Å². The van der Waals surface area contributed by atoms with Crippen molar-refractivity contribution in [3.05, 3.63) is 11.8 Å². The molecule has 1 nitrogen and oxygen atoms in total. The van der Waals surface area contributed by atoms with E-state index in [0.717, 1.165) is 16.2 Å². The predicted molar refractivity (Wildman–Crippen MR) is 27.5 cm³/mol. The smallest absolute Gasteiger partial charge is 0.174 e. The van der Waals surface area contributed by atoms with Crippen LogP contribution >= 0.6 is 0 Å². The summed E-state index contributed by atoms with van der Waals surface area (Å²) in [5.74, 6) is 0. The molecule has 6 heavy (non-hydrogen) atoms. The lowest BCUT2D eigenvalue weighted by Crippen LogP contribution is -2.08. The molecule has 2 heteroatoms. The zero-order valence-corrected chi connectivity index (χ0v) is 4.62. The molecule has 2 radical (unpaired) electrons. The van der Waals surface area contributed by atoms with Gasteiger partial charge in [0.2, 0.25) is 0 Å². The number of rotatable bonds is 0. The van der Waals surface area contributed by atoms with E-state index in [1.165, 1.54) is 11.6 Å². The summed E-state index contributed by atoms with van der Waals surface area (Å²) >= 11 is 0. The van der Waals surface area contributed by atoms with Crippen molar-refractivity contribution in [3.63, 3.8) is 0 Å². The molecule has 0 saturated carbocycles. The highest BCUT2D eigenvalue weighted by Crippen LogP contribution is 1.96. The van der Waals surface area contributed by atoms with Gasteiger partial charge in [0.15, 0.2) is 9.68 Å². The third-order valence-corrected chi connectivity index (χ3v) is 1.85. The molecular weight excluding hydrogens is 90.1 g/mol. The molecular formula is C4H7NSi. The summed E-state index contributed by atoms with van der Waals surface area (Å²) in [6.45, 7) is 4.95. The van der Waals surface area contributed by atoms with E-state index in [2.05, 4.69) is 11.6 Å². The molecule has 0 aromatic heterocycles. The van der Waals surface area contributed by atoms with E-state index >= 15 is 0 Å². The number of hydrogen-bond donors (Lipinski definition) is 1. The van der Waals surface area contributed by atoms with Gasteiger partial charge < -0.3 is 4.98 Å². The molecule has 1 heterocycles. The van der Waals surface area contributed by atoms with Crippen LogP contribution in [-0.2, 0) is 0 Å². The van der Waals surface area contributed by atoms with Crippen molar-refractivity contribution in [2.75, 3.05) is 6.54 Å². The molecule has 1 rings (SSSR count). The van der Waals surface area contributed by atoms with Gasteiger partial charge in [-0.3, -0.25) is 0 Å². The molecule has 0 bridgehead atoms. The normalized spacial score (nSPS) is 22.3. The third-order valence-electron chi connectivity index (χ3n) is 0.817. The molecule has 0 spiro atoms. The molecule has 0 aromatic rings. The van der Waals surface area contributed by atoms with Crippen molar-refractivity contribution >= 4 is 9.68 Å². The first-order valence-corrected chi connectivity index (χ1v) is 3.06. The van der Waals surface area contributed by atoms with Gasteiger partial charge in [-0.15, -0.1) is 6.58 Å². The summed E-state index contributed by atoms with van der Waals surface area (Å²) in [5.41, 5.74) is 0. The minimum atomic E-state index is 0.838. The zero-order valence-electron chi connectivity index (χ0n) is 3.62. The lowest BCUT2D eigenvalue weighted by Gasteiger charge is -1.76. The Morgan fingerprint density at radius 2 is 2.67 bits per heavy atom. The fourth-order valence-electron chi connectivity index (χ4n) is 0.463. The minimum Gasteiger partial charge on any atom is -0.335 e. The molecule has 1 fully saturated rings. The van der Waals surface area contributed by atoms with Crippen LogP contribution in [0.15, 0.2) is 11.8 Å². The standard InChI is InChI=1S/C4H7NSi/c1-4-2-3-5-6-4/h5H,1-3H2. The van der Waals surface area contributed by atoms with E-state index in [9.17, 15) is 0 Å². The molecule has 1 saturated heterocycles. The largest absolute Gasteiger partial charge is 0.335 e. The summed E-state index contributed by atoms with van der Waals surface area (Å²) in [5, 5.41) is 1.37. The van der Waals surface area contributed by atoms with E-state index < -0.39 is 0 Å². The van der Waals surface area contributed by atoms with E-state index in [0.29, 0.717) is 0 Å². The van der Waals surface area contributed by atoms with Crippen molar-refractivity contribution < 1.29 is 0 Å². The maximum Gasteiger partial charge on any atom is 0.174 e. The van der Waals surface area contributed by atoms with Crippen LogP contribution in [0.25, 0.3) is 0 Å². The van der Waals surface area contributed by atoms with Crippen molar-refractivity contribution in [1.82, 2.24) is 4.98 Å². The Kier molecular flexibility index (Phi) is 1.07. The molecule has 0 atom stereocenters. The van der Waals surface area contributed by atoms with Gasteiger partial charge in [0.05, 0.1) is 0 Å². The Labute approximate surface area is 40.3 Å². The molecule has 1 N–H and O–H groups in total. The van der Waals surface area contributed by atoms with Gasteiger partial charge in [-0.2, -0.15) is 0 Å². The molecule has 1 aliphatic rings. The maximum absolute atomic E-state index is 3.80. The second kappa shape index (κ2) is 1.58. The van der Waals surface area contributed by atoms with Crippen LogP contribution in [0.1, 0.15) is 6.42 Å². The van der Waals surface area contributed by atoms with E-state index in [1.54, 1.807) is 0 Å². The summed E-state index contributed by atoms with van der Waals surface area (Å²) < 4.78 is 0. The van der Waals surface area contributed by atoms with Crippen LogP contribution in [0.5, 0.6) is 0 Å². The average Bonchev–Trinajstić information content (AvgIpc) is 1.86. The van der Waals surface area contributed by atoms with Gasteiger partial charge in [-0.25, -0.2) is 0 Å². The highest BCUT2D eigenvalue weighted by Gasteiger charge is 2.01. The first-order valence-electron chi connectivity index (χ1n) is 2.06. The van der Waals surface area contributed by atoms with Gasteiger partial charge in [0, 0.05) is 0 Å². The monoisotopic (exact) mass is 97.0 g/mol. The SMILES string of the molecule is C=C1CCN[Si]1. The zero-order chi connectivity index (χ0) is 4.41. The Bertz CT molecular complexity index is 61.9. The predicted octanol–water partition coefficient (Wildman–Crippen LogP) is 0.113. The van der Waals surface area contributed by atoms with E-state index in [4.69, 9.17) is 0 Å². The van der Waals surface area contributed by atoms with E-state index in [1.807, 2.05) is 0 Å².